The molecule has 0 spiro atoms. The van der Waals surface area contributed by atoms with Crippen molar-refractivity contribution in [1.82, 2.24) is 14.8 Å². The first-order chi connectivity index (χ1) is 9.51. The highest BCUT2D eigenvalue weighted by atomic mass is 16.6. The standard InChI is InChI=1S/C12H16N6O2/c1-3-9-8(7-17(2)16-9)6-14-11-5-4-10(18(19)20)12(13)15-11/h4-5,7H,3,6H2,1-2H3,(H3,13,14,15). The van der Waals surface area contributed by atoms with Crippen molar-refractivity contribution in [3.05, 3.63) is 39.7 Å². The minimum atomic E-state index is -0.553. The predicted octanol–water partition coefficient (Wildman–Crippen LogP) is 1.48. The lowest BCUT2D eigenvalue weighted by molar-refractivity contribution is -0.384. The summed E-state index contributed by atoms with van der Waals surface area (Å²) in [5.41, 5.74) is 7.43. The number of nitro groups is 1. The number of hydrogen-bond donors (Lipinski definition) is 2. The Labute approximate surface area is 115 Å². The van der Waals surface area contributed by atoms with E-state index in [4.69, 9.17) is 5.73 Å². The summed E-state index contributed by atoms with van der Waals surface area (Å²) < 4.78 is 1.76. The number of rotatable bonds is 5. The van der Waals surface area contributed by atoms with Gasteiger partial charge in [0.05, 0.1) is 10.6 Å². The van der Waals surface area contributed by atoms with Gasteiger partial charge in [0.2, 0.25) is 5.82 Å². The second-order valence-electron chi connectivity index (χ2n) is 4.34. The maximum atomic E-state index is 10.7. The SMILES string of the molecule is CCc1nn(C)cc1CNc1ccc([N+](=O)[O-])c(N)n1. The molecule has 0 unspecified atom stereocenters. The fourth-order valence-electron chi connectivity index (χ4n) is 1.94. The first-order valence-corrected chi connectivity index (χ1v) is 6.17. The lowest BCUT2D eigenvalue weighted by Crippen LogP contribution is -2.05. The number of nitrogen functional groups attached to an aromatic ring is 1. The molecule has 0 aliphatic carbocycles. The van der Waals surface area contributed by atoms with Crippen LogP contribution in [0.2, 0.25) is 0 Å². The summed E-state index contributed by atoms with van der Waals surface area (Å²) >= 11 is 0. The molecule has 0 amide bonds. The largest absolute Gasteiger partial charge is 0.378 e. The number of nitrogens with one attached hydrogen (secondary N) is 1. The van der Waals surface area contributed by atoms with Gasteiger partial charge in [-0.3, -0.25) is 14.8 Å². The zero-order valence-electron chi connectivity index (χ0n) is 11.3. The summed E-state index contributed by atoms with van der Waals surface area (Å²) in [7, 11) is 1.87. The molecule has 8 nitrogen and oxygen atoms in total. The van der Waals surface area contributed by atoms with Gasteiger partial charge in [-0.1, -0.05) is 6.92 Å². The van der Waals surface area contributed by atoms with E-state index in [0.29, 0.717) is 12.4 Å². The van der Waals surface area contributed by atoms with Crippen molar-refractivity contribution in [2.75, 3.05) is 11.1 Å². The molecule has 8 heteroatoms. The van der Waals surface area contributed by atoms with E-state index in [2.05, 4.69) is 15.4 Å². The van der Waals surface area contributed by atoms with Gasteiger partial charge in [0, 0.05) is 31.4 Å². The van der Waals surface area contributed by atoms with Gasteiger partial charge in [0.15, 0.2) is 0 Å². The Morgan fingerprint density at radius 2 is 2.25 bits per heavy atom. The summed E-state index contributed by atoms with van der Waals surface area (Å²) in [4.78, 5) is 14.1. The van der Waals surface area contributed by atoms with Crippen LogP contribution in [0.5, 0.6) is 0 Å². The summed E-state index contributed by atoms with van der Waals surface area (Å²) in [5, 5.41) is 18.1. The van der Waals surface area contributed by atoms with Crippen LogP contribution in [0.25, 0.3) is 0 Å². The summed E-state index contributed by atoms with van der Waals surface area (Å²) in [6.07, 6.45) is 2.77. The maximum absolute atomic E-state index is 10.7. The summed E-state index contributed by atoms with van der Waals surface area (Å²) in [5.74, 6) is 0.404. The molecule has 0 aromatic carbocycles. The molecular weight excluding hydrogens is 260 g/mol. The molecule has 3 N–H and O–H groups in total. The van der Waals surface area contributed by atoms with Crippen LogP contribution in [-0.2, 0) is 20.0 Å². The lowest BCUT2D eigenvalue weighted by atomic mass is 10.2. The average molecular weight is 276 g/mol. The fourth-order valence-corrected chi connectivity index (χ4v) is 1.94. The Balaban J connectivity index is 2.11. The van der Waals surface area contributed by atoms with E-state index < -0.39 is 4.92 Å². The van der Waals surface area contributed by atoms with Gasteiger partial charge < -0.3 is 11.1 Å². The van der Waals surface area contributed by atoms with E-state index >= 15 is 0 Å². The highest BCUT2D eigenvalue weighted by Gasteiger charge is 2.13. The fraction of sp³-hybridized carbons (Fsp3) is 0.333. The smallest absolute Gasteiger partial charge is 0.311 e. The monoisotopic (exact) mass is 276 g/mol. The number of aryl methyl sites for hydroxylation is 2. The molecule has 2 aromatic heterocycles. The van der Waals surface area contributed by atoms with Crippen molar-refractivity contribution < 1.29 is 4.92 Å². The van der Waals surface area contributed by atoms with Crippen LogP contribution >= 0.6 is 0 Å². The quantitative estimate of drug-likeness (QED) is 0.632. The molecule has 2 heterocycles. The predicted molar refractivity (Wildman–Crippen MR) is 75.2 cm³/mol. The Bertz CT molecular complexity index is 637. The number of pyridine rings is 1. The molecule has 0 aliphatic rings. The van der Waals surface area contributed by atoms with E-state index in [9.17, 15) is 10.1 Å². The third kappa shape index (κ3) is 2.85. The Kier molecular flexibility index (Phi) is 3.83. The Morgan fingerprint density at radius 3 is 2.85 bits per heavy atom. The highest BCUT2D eigenvalue weighted by molar-refractivity contribution is 5.57. The molecular formula is C12H16N6O2. The van der Waals surface area contributed by atoms with Crippen LogP contribution < -0.4 is 11.1 Å². The third-order valence-corrected chi connectivity index (χ3v) is 2.89. The molecule has 2 aromatic rings. The Morgan fingerprint density at radius 1 is 1.50 bits per heavy atom. The van der Waals surface area contributed by atoms with Gasteiger partial charge in [0.1, 0.15) is 5.82 Å². The molecule has 0 atom stereocenters. The first kappa shape index (κ1) is 13.8. The van der Waals surface area contributed by atoms with E-state index in [1.807, 2.05) is 20.2 Å². The van der Waals surface area contributed by atoms with Gasteiger partial charge >= 0.3 is 5.69 Å². The van der Waals surface area contributed by atoms with Gasteiger partial charge in [-0.25, -0.2) is 4.98 Å². The van der Waals surface area contributed by atoms with Crippen molar-refractivity contribution in [3.63, 3.8) is 0 Å². The molecule has 0 saturated heterocycles. The van der Waals surface area contributed by atoms with Crippen LogP contribution in [0.1, 0.15) is 18.2 Å². The number of nitrogens with two attached hydrogens (primary N) is 1. The van der Waals surface area contributed by atoms with Crippen molar-refractivity contribution >= 4 is 17.3 Å². The zero-order valence-corrected chi connectivity index (χ0v) is 11.3. The first-order valence-electron chi connectivity index (χ1n) is 6.17. The minimum Gasteiger partial charge on any atom is -0.378 e. The van der Waals surface area contributed by atoms with Crippen molar-refractivity contribution in [2.24, 2.45) is 7.05 Å². The van der Waals surface area contributed by atoms with Gasteiger partial charge in [-0.15, -0.1) is 0 Å². The van der Waals surface area contributed by atoms with Crippen LogP contribution in [0.3, 0.4) is 0 Å². The molecule has 2 rings (SSSR count). The minimum absolute atomic E-state index is 0.0955. The molecule has 0 saturated carbocycles. The van der Waals surface area contributed by atoms with E-state index in [1.165, 1.54) is 12.1 Å². The average Bonchev–Trinajstić information content (AvgIpc) is 2.76. The molecule has 0 aliphatic heterocycles. The van der Waals surface area contributed by atoms with E-state index in [0.717, 1.165) is 17.7 Å². The van der Waals surface area contributed by atoms with Gasteiger partial charge in [0.25, 0.3) is 0 Å². The highest BCUT2D eigenvalue weighted by Crippen LogP contribution is 2.21. The van der Waals surface area contributed by atoms with Crippen molar-refractivity contribution in [1.29, 1.82) is 0 Å². The van der Waals surface area contributed by atoms with Crippen LogP contribution in [-0.4, -0.2) is 19.7 Å². The normalized spacial score (nSPS) is 10.5. The third-order valence-electron chi connectivity index (χ3n) is 2.89. The zero-order chi connectivity index (χ0) is 14.7. The molecule has 106 valence electrons. The van der Waals surface area contributed by atoms with Gasteiger partial charge in [-0.2, -0.15) is 5.10 Å². The molecule has 0 radical (unpaired) electrons. The van der Waals surface area contributed by atoms with Crippen molar-refractivity contribution in [2.45, 2.75) is 19.9 Å². The number of hydrogen-bond acceptors (Lipinski definition) is 6. The van der Waals surface area contributed by atoms with E-state index in [1.54, 1.807) is 4.68 Å². The van der Waals surface area contributed by atoms with Crippen LogP contribution in [0.15, 0.2) is 18.3 Å². The number of aromatic nitrogens is 3. The second kappa shape index (κ2) is 5.55. The summed E-state index contributed by atoms with van der Waals surface area (Å²) in [6, 6.07) is 2.88. The number of nitrogens with zero attached hydrogens (tertiary/aromatic N) is 4. The summed E-state index contributed by atoms with van der Waals surface area (Å²) in [6.45, 7) is 2.58. The number of anilines is 2. The molecule has 20 heavy (non-hydrogen) atoms. The Hall–Kier alpha value is -2.64. The second-order valence-corrected chi connectivity index (χ2v) is 4.34. The van der Waals surface area contributed by atoms with Gasteiger partial charge in [-0.05, 0) is 12.5 Å². The van der Waals surface area contributed by atoms with Crippen LogP contribution in [0.4, 0.5) is 17.3 Å². The lowest BCUT2D eigenvalue weighted by Gasteiger charge is -2.06. The van der Waals surface area contributed by atoms with Crippen LogP contribution in [0, 0.1) is 10.1 Å². The van der Waals surface area contributed by atoms with E-state index in [-0.39, 0.29) is 11.5 Å². The maximum Gasteiger partial charge on any atom is 0.311 e. The van der Waals surface area contributed by atoms with Crippen molar-refractivity contribution in [3.8, 4) is 0 Å². The molecule has 0 bridgehead atoms. The topological polar surface area (TPSA) is 112 Å². The molecule has 0 fully saturated rings.